The molecule has 0 aliphatic rings. The third-order valence-electron chi connectivity index (χ3n) is 3.57. The molecule has 0 spiro atoms. The van der Waals surface area contributed by atoms with E-state index < -0.39 is 11.0 Å². The number of hydrogen-bond donors (Lipinski definition) is 2. The van der Waals surface area contributed by atoms with Crippen LogP contribution in [-0.4, -0.2) is 27.5 Å². The average Bonchev–Trinajstić information content (AvgIpc) is 3.23. The first-order valence-corrected chi connectivity index (χ1v) is 10.1. The van der Waals surface area contributed by atoms with Crippen molar-refractivity contribution in [3.63, 3.8) is 0 Å². The van der Waals surface area contributed by atoms with Crippen LogP contribution < -0.4 is 9.03 Å². The van der Waals surface area contributed by atoms with E-state index in [-0.39, 0.29) is 0 Å². The molecule has 2 aromatic heterocycles. The largest absolute Gasteiger partial charge is 0.358 e. The number of nitrogens with one attached hydrogen (secondary N) is 2. The summed E-state index contributed by atoms with van der Waals surface area (Å²) in [4.78, 5) is 7.38. The van der Waals surface area contributed by atoms with E-state index in [2.05, 4.69) is 20.8 Å². The highest BCUT2D eigenvalue weighted by Gasteiger charge is 2.15. The third-order valence-corrected chi connectivity index (χ3v) is 6.85. The van der Waals surface area contributed by atoms with E-state index in [9.17, 15) is 9.47 Å². The van der Waals surface area contributed by atoms with Crippen LogP contribution in [0.25, 0.3) is 10.9 Å². The Bertz CT molecular complexity index is 956. The molecule has 0 amide bonds. The molecule has 0 radical (unpaired) electrons. The van der Waals surface area contributed by atoms with Crippen molar-refractivity contribution in [1.29, 1.82) is 5.26 Å². The molecule has 0 bridgehead atoms. The van der Waals surface area contributed by atoms with Crippen molar-refractivity contribution in [2.75, 3.05) is 22.3 Å². The number of benzene rings is 1. The van der Waals surface area contributed by atoms with Crippen molar-refractivity contribution in [1.82, 2.24) is 9.97 Å². The van der Waals surface area contributed by atoms with Gasteiger partial charge in [-0.05, 0) is 18.6 Å². The lowest BCUT2D eigenvalue weighted by atomic mass is 10.1. The molecule has 3 aromatic rings. The summed E-state index contributed by atoms with van der Waals surface area (Å²) >= 11 is 2.92. The smallest absolute Gasteiger partial charge is 0.196 e. The highest BCUT2D eigenvalue weighted by Crippen LogP contribution is 2.31. The Balaban J connectivity index is 1.91. The second-order valence-corrected chi connectivity index (χ2v) is 8.37. The summed E-state index contributed by atoms with van der Waals surface area (Å²) in [5.74, 6) is 0. The molecule has 0 saturated heterocycles. The number of aromatic amines is 1. The van der Waals surface area contributed by atoms with Gasteiger partial charge >= 0.3 is 0 Å². The predicted octanol–water partition coefficient (Wildman–Crippen LogP) is 3.65. The second-order valence-electron chi connectivity index (χ2n) is 5.01. The minimum Gasteiger partial charge on any atom is -0.358 e. The lowest BCUT2D eigenvalue weighted by molar-refractivity contribution is 0.687. The van der Waals surface area contributed by atoms with Crippen LogP contribution >= 0.6 is 23.3 Å². The maximum atomic E-state index is 12.6. The molecule has 124 valence electrons. The molecular weight excluding hydrogens is 362 g/mol. The van der Waals surface area contributed by atoms with Gasteiger partial charge in [0.15, 0.2) is 16.1 Å². The van der Waals surface area contributed by atoms with Gasteiger partial charge in [-0.25, -0.2) is 9.19 Å². The van der Waals surface area contributed by atoms with Gasteiger partial charge in [0.25, 0.3) is 0 Å². The summed E-state index contributed by atoms with van der Waals surface area (Å²) in [6, 6.07) is 5.95. The van der Waals surface area contributed by atoms with E-state index in [0.717, 1.165) is 21.6 Å². The Labute approximate surface area is 150 Å². The standard InChI is InChI=1S/C15H15N5OS3/c1-9-4-5-11(14-13(9)10(6-16)7-17-14)19-24(21)12-8-18-15(23-12)20(2)22-3/h4-5,7-8,17,19H,1-3H3. The van der Waals surface area contributed by atoms with Gasteiger partial charge in [0, 0.05) is 24.9 Å². The fourth-order valence-corrected chi connectivity index (χ4v) is 4.63. The molecule has 1 aromatic carbocycles. The van der Waals surface area contributed by atoms with Gasteiger partial charge in [0.2, 0.25) is 0 Å². The number of H-pyrrole nitrogens is 1. The van der Waals surface area contributed by atoms with Crippen LogP contribution in [0.3, 0.4) is 0 Å². The zero-order valence-electron chi connectivity index (χ0n) is 13.3. The van der Waals surface area contributed by atoms with E-state index in [1.165, 1.54) is 11.3 Å². The highest BCUT2D eigenvalue weighted by molar-refractivity contribution is 8.00. The lowest BCUT2D eigenvalue weighted by Crippen LogP contribution is -2.04. The monoisotopic (exact) mass is 377 g/mol. The number of fused-ring (bicyclic) bond motifs is 1. The Morgan fingerprint density at radius 1 is 1.50 bits per heavy atom. The fraction of sp³-hybridized carbons (Fsp3) is 0.200. The molecule has 24 heavy (non-hydrogen) atoms. The Morgan fingerprint density at radius 3 is 3.00 bits per heavy atom. The molecule has 2 N–H and O–H groups in total. The summed E-state index contributed by atoms with van der Waals surface area (Å²) < 4.78 is 18.2. The molecule has 0 saturated carbocycles. The van der Waals surface area contributed by atoms with Gasteiger partial charge in [-0.2, -0.15) is 5.26 Å². The van der Waals surface area contributed by atoms with Crippen LogP contribution in [0.4, 0.5) is 10.8 Å². The minimum atomic E-state index is -1.42. The first kappa shape index (κ1) is 16.8. The van der Waals surface area contributed by atoms with Gasteiger partial charge in [0.1, 0.15) is 10.3 Å². The first-order valence-electron chi connectivity index (χ1n) is 6.98. The zero-order valence-corrected chi connectivity index (χ0v) is 15.7. The zero-order chi connectivity index (χ0) is 17.3. The summed E-state index contributed by atoms with van der Waals surface area (Å²) in [6.45, 7) is 1.95. The number of nitrogens with zero attached hydrogens (tertiary/aromatic N) is 3. The van der Waals surface area contributed by atoms with Crippen LogP contribution in [0.1, 0.15) is 11.1 Å². The Hall–Kier alpha value is -2.02. The van der Waals surface area contributed by atoms with Crippen LogP contribution in [0.5, 0.6) is 0 Å². The van der Waals surface area contributed by atoms with E-state index in [4.69, 9.17) is 0 Å². The quantitative estimate of drug-likeness (QED) is 0.663. The van der Waals surface area contributed by atoms with Crippen molar-refractivity contribution < 1.29 is 4.21 Å². The first-order chi connectivity index (χ1) is 11.5. The number of aryl methyl sites for hydroxylation is 1. The molecular formula is C15H15N5OS3. The molecule has 1 unspecified atom stereocenters. The van der Waals surface area contributed by atoms with Crippen molar-refractivity contribution in [3.8, 4) is 6.07 Å². The van der Waals surface area contributed by atoms with Gasteiger partial charge in [-0.15, -0.1) is 0 Å². The predicted molar refractivity (Wildman–Crippen MR) is 102 cm³/mol. The van der Waals surface area contributed by atoms with Crippen LogP contribution in [-0.2, 0) is 11.0 Å². The number of rotatable bonds is 5. The van der Waals surface area contributed by atoms with E-state index in [1.807, 2.05) is 36.7 Å². The third kappa shape index (κ3) is 3.00. The number of aromatic nitrogens is 2. The van der Waals surface area contributed by atoms with Gasteiger partial charge in [0.05, 0.1) is 23.0 Å². The van der Waals surface area contributed by atoms with E-state index in [0.29, 0.717) is 15.5 Å². The van der Waals surface area contributed by atoms with Crippen LogP contribution in [0, 0.1) is 18.3 Å². The van der Waals surface area contributed by atoms with Crippen molar-refractivity contribution >= 4 is 56.0 Å². The number of hydrogen-bond acceptors (Lipinski definition) is 6. The molecule has 0 aliphatic carbocycles. The average molecular weight is 378 g/mol. The Kier molecular flexibility index (Phi) is 4.80. The van der Waals surface area contributed by atoms with E-state index in [1.54, 1.807) is 24.3 Å². The molecule has 2 heterocycles. The molecule has 6 nitrogen and oxygen atoms in total. The number of anilines is 2. The van der Waals surface area contributed by atoms with Gasteiger partial charge in [-0.1, -0.05) is 29.4 Å². The number of nitriles is 1. The maximum Gasteiger partial charge on any atom is 0.196 e. The molecule has 9 heteroatoms. The SMILES string of the molecule is CSN(C)c1ncc(S(=O)Nc2ccc(C)c3c(C#N)c[nH]c23)s1. The molecule has 0 fully saturated rings. The molecule has 0 aliphatic heterocycles. The fourth-order valence-electron chi connectivity index (χ4n) is 2.30. The summed E-state index contributed by atoms with van der Waals surface area (Å²) in [5, 5.41) is 10.9. The van der Waals surface area contributed by atoms with Gasteiger partial charge in [-0.3, -0.25) is 9.03 Å². The Morgan fingerprint density at radius 2 is 2.29 bits per heavy atom. The summed E-state index contributed by atoms with van der Waals surface area (Å²) in [7, 11) is 0.492. The maximum absolute atomic E-state index is 12.6. The summed E-state index contributed by atoms with van der Waals surface area (Å²) in [5.41, 5.74) is 3.06. The van der Waals surface area contributed by atoms with E-state index >= 15 is 0 Å². The topological polar surface area (TPSA) is 84.8 Å². The lowest BCUT2D eigenvalue weighted by Gasteiger charge is -2.09. The minimum absolute atomic E-state index is 0.582. The number of thiazole rings is 1. The van der Waals surface area contributed by atoms with Crippen molar-refractivity contribution in [3.05, 3.63) is 35.7 Å². The highest BCUT2D eigenvalue weighted by atomic mass is 32.2. The van der Waals surface area contributed by atoms with Crippen molar-refractivity contribution in [2.45, 2.75) is 11.1 Å². The van der Waals surface area contributed by atoms with Gasteiger partial charge < -0.3 is 4.98 Å². The summed E-state index contributed by atoms with van der Waals surface area (Å²) in [6.07, 6.45) is 5.25. The van der Waals surface area contributed by atoms with Crippen LogP contribution in [0.2, 0.25) is 0 Å². The van der Waals surface area contributed by atoms with Crippen LogP contribution in [0.15, 0.2) is 28.7 Å². The molecule has 1 atom stereocenters. The second kappa shape index (κ2) is 6.84. The van der Waals surface area contributed by atoms with Crippen molar-refractivity contribution in [2.24, 2.45) is 0 Å². The molecule has 3 rings (SSSR count). The normalized spacial score (nSPS) is 12.1.